The Bertz CT molecular complexity index is 11.4. The van der Waals surface area contributed by atoms with Crippen LogP contribution in [0.2, 0.25) is 0 Å². The van der Waals surface area contributed by atoms with Crippen molar-refractivity contribution < 1.29 is 138 Å². The molecule has 14 nitrogen and oxygen atoms in total. The molecule has 0 spiro atoms. The predicted molar refractivity (Wildman–Crippen MR) is 18.4 cm³/mol. The maximum absolute atomic E-state index is 0. The molecule has 0 aromatic carbocycles. The van der Waals surface area contributed by atoms with Crippen LogP contribution in [0, 0.1) is 0 Å². The van der Waals surface area contributed by atoms with E-state index in [9.17, 15) is 0 Å². The van der Waals surface area contributed by atoms with Crippen molar-refractivity contribution in [2.45, 2.75) is 0 Å². The van der Waals surface area contributed by atoms with E-state index < -0.39 is 0 Å². The van der Waals surface area contributed by atoms with Crippen LogP contribution in [-0.2, 0) is 99.6 Å². The summed E-state index contributed by atoms with van der Waals surface area (Å²) in [6.07, 6.45) is 0. The molecule has 0 aromatic heterocycles. The van der Waals surface area contributed by atoms with E-state index in [2.05, 4.69) is 0 Å². The molecule has 0 saturated carbocycles. The van der Waals surface area contributed by atoms with Gasteiger partial charge in [0.05, 0.1) is 0 Å². The van der Waals surface area contributed by atoms with Gasteiger partial charge in [0.15, 0.2) is 0 Å². The van der Waals surface area contributed by atoms with Crippen LogP contribution in [0.25, 0.3) is 0 Å². The van der Waals surface area contributed by atoms with Crippen LogP contribution in [0.15, 0.2) is 0 Å². The normalized spacial score (nSPS) is 0. The maximum atomic E-state index is 0. The summed E-state index contributed by atoms with van der Waals surface area (Å²) in [5.41, 5.74) is 0. The van der Waals surface area contributed by atoms with Gasteiger partial charge in [-0.3, -0.25) is 0 Å². The molecule has 0 rings (SSSR count). The van der Waals surface area contributed by atoms with Gasteiger partial charge in [0, 0.05) is 0 Å². The van der Waals surface area contributed by atoms with Gasteiger partial charge in [0.1, 0.15) is 0 Å². The second-order valence-electron chi connectivity index (χ2n) is 0. The minimum absolute atomic E-state index is 0. The van der Waals surface area contributed by atoms with Crippen LogP contribution in [0.4, 0.5) is 0 Å². The molecule has 0 aliphatic heterocycles. The van der Waals surface area contributed by atoms with Gasteiger partial charge in [-0.25, -0.2) is 0 Å². The number of rotatable bonds is 0. The van der Waals surface area contributed by atoms with Crippen LogP contribution >= 0.6 is 0 Å². The topological polar surface area (TPSA) is 410 Å². The van der Waals surface area contributed by atoms with Gasteiger partial charge in [0.2, 0.25) is 0 Å². The third-order valence-electron chi connectivity index (χ3n) is 0. The van der Waals surface area contributed by atoms with Crippen LogP contribution in [0.5, 0.6) is 0 Å². The Morgan fingerprint density at radius 2 is 0.176 bits per heavy atom. The van der Waals surface area contributed by atoms with Gasteiger partial charge in [-0.2, -0.15) is 0 Å². The molecule has 17 heavy (non-hydrogen) atoms. The van der Waals surface area contributed by atoms with Gasteiger partial charge in [-0.05, 0) is 0 Å². The molecular weight excluding hydrogens is 783 g/mol. The molecule has 0 aliphatic carbocycles. The van der Waals surface area contributed by atoms with E-state index in [1.54, 1.807) is 0 Å². The Labute approximate surface area is 137 Å². The van der Waals surface area contributed by atoms with Gasteiger partial charge in [0.25, 0.3) is 0 Å². The fourth-order valence-corrected chi connectivity index (χ4v) is 0. The first-order valence-electron chi connectivity index (χ1n) is 0. The van der Waals surface area contributed by atoms with Crippen LogP contribution in [0.1, 0.15) is 0 Å². The summed E-state index contributed by atoms with van der Waals surface area (Å²) in [5.74, 6) is 0. The average Bonchev–Trinajstić information content (AvgIpc) is 0. The minimum Gasteiger partial charge on any atom is -2.00 e. The van der Waals surface area contributed by atoms with Gasteiger partial charge in [-0.15, -0.1) is 0 Å². The molecule has 0 saturated heterocycles. The van der Waals surface area contributed by atoms with E-state index >= 15 is 0 Å². The molecule has 7 N–H and O–H groups in total. The summed E-state index contributed by atoms with van der Waals surface area (Å²) in [6, 6.07) is 0. The van der Waals surface area contributed by atoms with Gasteiger partial charge in [-0.1, -0.05) is 0 Å². The number of hydrogen-bond donors (Lipinski definition) is 0. The second-order valence-corrected chi connectivity index (χ2v) is 0. The molecule has 0 amide bonds. The zero-order valence-electron chi connectivity index (χ0n) is 7.12. The van der Waals surface area contributed by atoms with E-state index in [0.29, 0.717) is 0 Å². The van der Waals surface area contributed by atoms with Crippen molar-refractivity contribution in [2.75, 3.05) is 0 Å². The van der Waals surface area contributed by atoms with Crippen molar-refractivity contribution in [3.05, 3.63) is 0 Å². The van der Waals surface area contributed by atoms with Crippen molar-refractivity contribution in [3.63, 3.8) is 0 Å². The minimum atomic E-state index is 0. The Morgan fingerprint density at radius 1 is 0.176 bits per heavy atom. The van der Waals surface area contributed by atoms with Crippen molar-refractivity contribution >= 4 is 0 Å². The fourth-order valence-electron chi connectivity index (χ4n) is 0. The molecule has 0 atom stereocenters. The van der Waals surface area contributed by atoms with E-state index in [4.69, 9.17) is 0 Å². The van der Waals surface area contributed by atoms with Crippen molar-refractivity contribution in [3.8, 4) is 0 Å². The van der Waals surface area contributed by atoms with Crippen molar-refractivity contribution in [1.29, 1.82) is 0 Å². The van der Waals surface area contributed by atoms with E-state index in [-0.39, 0.29) is 138 Å². The van der Waals surface area contributed by atoms with Crippen LogP contribution in [-0.4, -0.2) is 38.3 Å². The van der Waals surface area contributed by atoms with Crippen molar-refractivity contribution in [2.24, 2.45) is 0 Å². The second kappa shape index (κ2) is 2310. The summed E-state index contributed by atoms with van der Waals surface area (Å²) in [6.45, 7) is 0. The monoisotopic (exact) mass is 792 g/mol. The third kappa shape index (κ3) is 2040. The Kier molecular flexibility index (Phi) is 373000. The summed E-state index contributed by atoms with van der Waals surface area (Å²) >= 11 is 0. The molecule has 112 valence electrons. The quantitative estimate of drug-likeness (QED) is 0.263. The first-order valence-corrected chi connectivity index (χ1v) is 0. The van der Waals surface area contributed by atoms with Crippen molar-refractivity contribution in [1.82, 2.24) is 0 Å². The molecule has 0 radical (unpaired) electrons. The Morgan fingerprint density at radius 3 is 0.176 bits per heavy atom. The molecule has 0 fully saturated rings. The Balaban J connectivity index is 0. The molecule has 0 unspecified atom stereocenters. The zero-order chi connectivity index (χ0) is 0. The smallest absolute Gasteiger partial charge is 2.00 e. The van der Waals surface area contributed by atoms with Gasteiger partial charge < -0.3 is 76.7 Å². The first-order chi connectivity index (χ1) is 0. The summed E-state index contributed by atoms with van der Waals surface area (Å²) < 4.78 is 0. The number of hydrogen-bond acceptors (Lipinski definition) is 7. The molecule has 17 heteroatoms. The molecule has 0 aromatic rings. The molecule has 0 bridgehead atoms. The largest absolute Gasteiger partial charge is 7.00 e. The van der Waals surface area contributed by atoms with Crippen LogP contribution in [0.3, 0.4) is 0 Å². The van der Waals surface area contributed by atoms with Crippen LogP contribution < -0.4 is 0 Å². The SMILES string of the molecule is [O-2].[O-2].[O-2].[O-2].[O-2].[O-2].[O-2].[OH-].[OH-].[OH-].[OH-].[OH-].[OH-].[OH-].[Re+7].[Re+7].[Re+7]. The standard InChI is InChI=1S/7H2O.7O.3Re/h7*1H2;;;;;;;;;;/q;;;;;;;7*-2;3*+7/p-7. The summed E-state index contributed by atoms with van der Waals surface area (Å²) in [5, 5.41) is 0. The summed E-state index contributed by atoms with van der Waals surface area (Å²) in [7, 11) is 0. The average molecular weight is 790 g/mol. The van der Waals surface area contributed by atoms with E-state index in [0.717, 1.165) is 0 Å². The fraction of sp³-hybridized carbons (Fsp3) is 0. The zero-order valence-corrected chi connectivity index (χ0v) is 15.3. The van der Waals surface area contributed by atoms with Gasteiger partial charge >= 0.3 is 61.3 Å². The maximum Gasteiger partial charge on any atom is 7.00 e. The predicted octanol–water partition coefficient (Wildman–Crippen LogP) is -2.08. The van der Waals surface area contributed by atoms with E-state index in [1.165, 1.54) is 0 Å². The third-order valence-corrected chi connectivity index (χ3v) is 0. The molecule has 0 aliphatic rings. The van der Waals surface area contributed by atoms with E-state index in [1.807, 2.05) is 0 Å². The Hall–Kier alpha value is 1.43. The first kappa shape index (κ1) is 2750. The summed E-state index contributed by atoms with van der Waals surface area (Å²) in [4.78, 5) is 0. The molecular formula is H7O14Re3. The molecule has 0 heterocycles.